The second-order valence-electron chi connectivity index (χ2n) is 2.13. The Morgan fingerprint density at radius 1 is 1.40 bits per heavy atom. The van der Waals surface area contributed by atoms with Crippen LogP contribution in [-0.2, 0) is 0 Å². The van der Waals surface area contributed by atoms with E-state index < -0.39 is 0 Å². The van der Waals surface area contributed by atoms with E-state index in [-0.39, 0.29) is 15.8 Å². The molecule has 1 unspecified atom stereocenters. The summed E-state index contributed by atoms with van der Waals surface area (Å²) >= 11 is 7.14. The molecule has 0 spiro atoms. The summed E-state index contributed by atoms with van der Waals surface area (Å²) in [6, 6.07) is 0. The van der Waals surface area contributed by atoms with E-state index in [2.05, 4.69) is 48.9 Å². The summed E-state index contributed by atoms with van der Waals surface area (Å²) in [6.07, 6.45) is 4.46. The molecule has 3 heteroatoms. The van der Waals surface area contributed by atoms with Gasteiger partial charge in [0.25, 0.3) is 0 Å². The fourth-order valence-corrected chi connectivity index (χ4v) is 5.96. The van der Waals surface area contributed by atoms with E-state index in [1.54, 1.807) is 4.36 Å². The molecular formula is C7H9AsBr2. The summed E-state index contributed by atoms with van der Waals surface area (Å²) in [5.74, 6) is 0.731. The first-order valence-corrected chi connectivity index (χ1v) is 7.64. The van der Waals surface area contributed by atoms with E-state index in [4.69, 9.17) is 0 Å². The minimum atomic E-state index is 0.122. The Morgan fingerprint density at radius 2 is 2.10 bits per heavy atom. The van der Waals surface area contributed by atoms with Crippen LogP contribution in [-0.4, -0.2) is 26.4 Å². The normalized spacial score (nSPS) is 18.9. The quantitative estimate of drug-likeness (QED) is 0.551. The fraction of sp³-hybridized carbons (Fsp3) is 0.429. The van der Waals surface area contributed by atoms with Crippen molar-refractivity contribution in [2.75, 3.05) is 10.7 Å². The van der Waals surface area contributed by atoms with Crippen molar-refractivity contribution in [3.8, 4) is 0 Å². The van der Waals surface area contributed by atoms with Crippen molar-refractivity contribution in [2.45, 2.75) is 0 Å². The van der Waals surface area contributed by atoms with E-state index in [1.807, 2.05) is 0 Å². The molecule has 0 N–H and O–H groups in total. The van der Waals surface area contributed by atoms with Crippen molar-refractivity contribution < 1.29 is 0 Å². The standard InChI is InChI=1S/C7H9AsBr2/c9-4-6(5-10)7-2-1-3-8-7/h1-3,6,8H,4-5H2. The molecule has 1 atom stereocenters. The Hall–Kier alpha value is 0.998. The summed E-state index contributed by atoms with van der Waals surface area (Å²) < 4.78 is 1.66. The first kappa shape index (κ1) is 9.09. The molecule has 0 saturated carbocycles. The third-order valence-electron chi connectivity index (χ3n) is 1.43. The second-order valence-corrected chi connectivity index (χ2v) is 5.94. The Kier molecular flexibility index (Phi) is 4.36. The molecule has 0 aromatic heterocycles. The number of rotatable bonds is 3. The first-order chi connectivity index (χ1) is 4.88. The van der Waals surface area contributed by atoms with Gasteiger partial charge in [-0.05, 0) is 0 Å². The van der Waals surface area contributed by atoms with Gasteiger partial charge in [0.15, 0.2) is 0 Å². The number of hydrogen-bond acceptors (Lipinski definition) is 0. The molecular weight excluding hydrogens is 319 g/mol. The van der Waals surface area contributed by atoms with Gasteiger partial charge in [-0.2, -0.15) is 0 Å². The monoisotopic (exact) mass is 326 g/mol. The zero-order valence-electron chi connectivity index (χ0n) is 5.48. The van der Waals surface area contributed by atoms with Gasteiger partial charge in [0, 0.05) is 0 Å². The predicted molar refractivity (Wildman–Crippen MR) is 55.5 cm³/mol. The van der Waals surface area contributed by atoms with Gasteiger partial charge in [-0.25, -0.2) is 0 Å². The van der Waals surface area contributed by atoms with Gasteiger partial charge in [0.05, 0.1) is 0 Å². The second kappa shape index (κ2) is 4.79. The van der Waals surface area contributed by atoms with Crippen LogP contribution in [0.3, 0.4) is 0 Å². The Morgan fingerprint density at radius 3 is 2.50 bits per heavy atom. The van der Waals surface area contributed by atoms with E-state index >= 15 is 0 Å². The van der Waals surface area contributed by atoms with Gasteiger partial charge in [-0.15, -0.1) is 0 Å². The molecule has 1 aliphatic heterocycles. The van der Waals surface area contributed by atoms with Gasteiger partial charge in [-0.3, -0.25) is 0 Å². The van der Waals surface area contributed by atoms with Crippen LogP contribution in [0, 0.1) is 5.92 Å². The Bertz CT molecular complexity index is 159. The molecule has 56 valence electrons. The number of alkyl halides is 2. The van der Waals surface area contributed by atoms with Crippen LogP contribution in [0.4, 0.5) is 0 Å². The Labute approximate surface area is 85.1 Å². The van der Waals surface area contributed by atoms with Crippen LogP contribution >= 0.6 is 31.9 Å². The maximum absolute atomic E-state index is 3.51. The van der Waals surface area contributed by atoms with Crippen molar-refractivity contribution in [1.29, 1.82) is 0 Å². The molecule has 0 aliphatic carbocycles. The third-order valence-corrected chi connectivity index (χ3v) is 5.66. The number of halogens is 2. The summed E-state index contributed by atoms with van der Waals surface area (Å²) in [6.45, 7) is 0. The van der Waals surface area contributed by atoms with Crippen LogP contribution < -0.4 is 0 Å². The zero-order chi connectivity index (χ0) is 7.40. The molecule has 10 heavy (non-hydrogen) atoms. The van der Waals surface area contributed by atoms with Crippen LogP contribution in [0.1, 0.15) is 0 Å². The van der Waals surface area contributed by atoms with Gasteiger partial charge in [0.1, 0.15) is 0 Å². The number of hydrogen-bond donors (Lipinski definition) is 0. The molecule has 0 radical (unpaired) electrons. The molecule has 1 rings (SSSR count). The van der Waals surface area contributed by atoms with Crippen molar-refractivity contribution in [3.05, 3.63) is 21.4 Å². The SMILES string of the molecule is BrCC(CBr)C1=CC=C[AsH]1. The van der Waals surface area contributed by atoms with E-state index in [1.165, 1.54) is 0 Å². The summed E-state index contributed by atoms with van der Waals surface area (Å²) in [5, 5.41) is 2.19. The van der Waals surface area contributed by atoms with Crippen molar-refractivity contribution in [3.63, 3.8) is 0 Å². The van der Waals surface area contributed by atoms with E-state index in [0.717, 1.165) is 16.6 Å². The minimum absolute atomic E-state index is 0.122. The Balaban J connectivity index is 2.47. The number of allylic oxidation sites excluding steroid dienone is 3. The molecule has 0 nitrogen and oxygen atoms in total. The fourth-order valence-electron chi connectivity index (χ4n) is 0.806. The summed E-state index contributed by atoms with van der Waals surface area (Å²) in [4.78, 5) is 2.33. The van der Waals surface area contributed by atoms with E-state index in [0.29, 0.717) is 0 Å². The van der Waals surface area contributed by atoms with Crippen molar-refractivity contribution in [2.24, 2.45) is 5.92 Å². The van der Waals surface area contributed by atoms with Crippen LogP contribution in [0.15, 0.2) is 21.4 Å². The van der Waals surface area contributed by atoms with Gasteiger partial charge < -0.3 is 0 Å². The predicted octanol–water partition coefficient (Wildman–Crippen LogP) is 2.24. The van der Waals surface area contributed by atoms with Crippen LogP contribution in [0.2, 0.25) is 0 Å². The molecule has 0 bridgehead atoms. The molecule has 1 heterocycles. The molecule has 0 saturated heterocycles. The molecule has 0 aromatic rings. The summed E-state index contributed by atoms with van der Waals surface area (Å²) in [7, 11) is 0. The van der Waals surface area contributed by atoms with Crippen molar-refractivity contribution >= 4 is 47.6 Å². The van der Waals surface area contributed by atoms with Crippen LogP contribution in [0.5, 0.6) is 0 Å². The van der Waals surface area contributed by atoms with Crippen molar-refractivity contribution in [1.82, 2.24) is 0 Å². The first-order valence-electron chi connectivity index (χ1n) is 3.13. The summed E-state index contributed by atoms with van der Waals surface area (Å²) in [5.41, 5.74) is 0. The zero-order valence-corrected chi connectivity index (χ0v) is 10.7. The van der Waals surface area contributed by atoms with E-state index in [9.17, 15) is 0 Å². The third kappa shape index (κ3) is 2.25. The van der Waals surface area contributed by atoms with Gasteiger partial charge in [0.2, 0.25) is 0 Å². The average Bonchev–Trinajstić information content (AvgIpc) is 2.43. The topological polar surface area (TPSA) is 0 Å². The molecule has 0 fully saturated rings. The van der Waals surface area contributed by atoms with Gasteiger partial charge in [-0.1, -0.05) is 0 Å². The molecule has 1 aliphatic rings. The van der Waals surface area contributed by atoms with Gasteiger partial charge >= 0.3 is 85.6 Å². The maximum atomic E-state index is 3.51. The average molecular weight is 328 g/mol. The molecule has 0 aromatic carbocycles. The molecule has 0 amide bonds. The van der Waals surface area contributed by atoms with Crippen LogP contribution in [0.25, 0.3) is 0 Å².